The number of nitrogens with zero attached hydrogens (tertiary/aromatic N) is 2. The minimum absolute atomic E-state index is 0.256. The van der Waals surface area contributed by atoms with E-state index in [9.17, 15) is 4.79 Å². The average Bonchev–Trinajstić information content (AvgIpc) is 2.45. The summed E-state index contributed by atoms with van der Waals surface area (Å²) in [4.78, 5) is 15.8. The van der Waals surface area contributed by atoms with Crippen LogP contribution in [0.1, 0.15) is 27.2 Å². The van der Waals surface area contributed by atoms with Crippen LogP contribution in [0.2, 0.25) is 0 Å². The molecule has 1 amide bonds. The summed E-state index contributed by atoms with van der Waals surface area (Å²) in [5.74, 6) is -0.279. The van der Waals surface area contributed by atoms with Gasteiger partial charge in [0.1, 0.15) is 5.69 Å². The molecule has 0 atom stereocenters. The molecule has 2 aromatic rings. The van der Waals surface area contributed by atoms with Crippen molar-refractivity contribution in [1.29, 1.82) is 5.26 Å². The second kappa shape index (κ2) is 5.78. The standard InChI is InChI=1S/C15H13N3O/c1-11-3-2-4-13(7-11)10-18-15(19)14-8-12(9-16)5-6-17-14/h2-8H,10H2,1H3,(H,18,19). The summed E-state index contributed by atoms with van der Waals surface area (Å²) >= 11 is 0. The van der Waals surface area contributed by atoms with E-state index in [4.69, 9.17) is 5.26 Å². The summed E-state index contributed by atoms with van der Waals surface area (Å²) < 4.78 is 0. The third kappa shape index (κ3) is 3.39. The molecular formula is C15H13N3O. The first kappa shape index (κ1) is 12.8. The largest absolute Gasteiger partial charge is 0.347 e. The van der Waals surface area contributed by atoms with Crippen molar-refractivity contribution in [1.82, 2.24) is 10.3 Å². The minimum Gasteiger partial charge on any atom is -0.347 e. The van der Waals surface area contributed by atoms with Gasteiger partial charge in [-0.3, -0.25) is 9.78 Å². The van der Waals surface area contributed by atoms with Gasteiger partial charge in [-0.2, -0.15) is 5.26 Å². The van der Waals surface area contributed by atoms with Crippen LogP contribution in [0.3, 0.4) is 0 Å². The van der Waals surface area contributed by atoms with Crippen LogP contribution >= 0.6 is 0 Å². The molecule has 4 heteroatoms. The number of hydrogen-bond donors (Lipinski definition) is 1. The molecule has 1 aromatic carbocycles. The van der Waals surface area contributed by atoms with Crippen LogP contribution in [0.25, 0.3) is 0 Å². The van der Waals surface area contributed by atoms with Crippen molar-refractivity contribution in [3.63, 3.8) is 0 Å². The molecule has 0 unspecified atom stereocenters. The number of aryl methyl sites for hydroxylation is 1. The summed E-state index contributed by atoms with van der Waals surface area (Å²) in [7, 11) is 0. The lowest BCUT2D eigenvalue weighted by atomic mass is 10.1. The van der Waals surface area contributed by atoms with Gasteiger partial charge in [0.2, 0.25) is 0 Å². The van der Waals surface area contributed by atoms with Gasteiger partial charge in [0.05, 0.1) is 11.6 Å². The summed E-state index contributed by atoms with van der Waals surface area (Å²) in [6.07, 6.45) is 1.46. The zero-order valence-corrected chi connectivity index (χ0v) is 10.6. The maximum absolute atomic E-state index is 11.9. The van der Waals surface area contributed by atoms with Crippen molar-refractivity contribution in [2.45, 2.75) is 13.5 Å². The maximum atomic E-state index is 11.9. The Hall–Kier alpha value is -2.67. The van der Waals surface area contributed by atoms with Crippen LogP contribution in [-0.2, 0) is 6.54 Å². The molecule has 1 heterocycles. The molecule has 0 spiro atoms. The minimum atomic E-state index is -0.279. The van der Waals surface area contributed by atoms with Crippen LogP contribution in [0.5, 0.6) is 0 Å². The molecule has 0 bridgehead atoms. The quantitative estimate of drug-likeness (QED) is 0.909. The van der Waals surface area contributed by atoms with E-state index in [1.807, 2.05) is 37.3 Å². The van der Waals surface area contributed by atoms with E-state index >= 15 is 0 Å². The molecule has 0 radical (unpaired) electrons. The predicted octanol–water partition coefficient (Wildman–Crippen LogP) is 2.19. The SMILES string of the molecule is Cc1cccc(CNC(=O)c2cc(C#N)ccn2)c1. The zero-order valence-electron chi connectivity index (χ0n) is 10.6. The van der Waals surface area contributed by atoms with Crippen molar-refractivity contribution in [3.05, 3.63) is 65.0 Å². The van der Waals surface area contributed by atoms with Gasteiger partial charge >= 0.3 is 0 Å². The number of rotatable bonds is 3. The number of nitriles is 1. The van der Waals surface area contributed by atoms with E-state index in [0.717, 1.165) is 11.1 Å². The molecule has 0 aliphatic rings. The number of aromatic nitrogens is 1. The van der Waals surface area contributed by atoms with Gasteiger partial charge in [-0.15, -0.1) is 0 Å². The first-order chi connectivity index (χ1) is 9.19. The first-order valence-corrected chi connectivity index (χ1v) is 5.89. The maximum Gasteiger partial charge on any atom is 0.270 e. The zero-order chi connectivity index (χ0) is 13.7. The van der Waals surface area contributed by atoms with Gasteiger partial charge in [0.15, 0.2) is 0 Å². The van der Waals surface area contributed by atoms with Crippen LogP contribution in [-0.4, -0.2) is 10.9 Å². The molecule has 0 saturated carbocycles. The number of hydrogen-bond acceptors (Lipinski definition) is 3. The van der Waals surface area contributed by atoms with Gasteiger partial charge in [0, 0.05) is 12.7 Å². The van der Waals surface area contributed by atoms with Crippen molar-refractivity contribution in [3.8, 4) is 6.07 Å². The topological polar surface area (TPSA) is 65.8 Å². The molecule has 1 N–H and O–H groups in total. The molecule has 0 aliphatic heterocycles. The van der Waals surface area contributed by atoms with E-state index in [0.29, 0.717) is 12.1 Å². The third-order valence-corrected chi connectivity index (χ3v) is 2.66. The summed E-state index contributed by atoms with van der Waals surface area (Å²) in [6.45, 7) is 2.45. The molecule has 94 valence electrons. The number of carbonyl (C=O) groups is 1. The fraction of sp³-hybridized carbons (Fsp3) is 0.133. The molecule has 0 fully saturated rings. The highest BCUT2D eigenvalue weighted by molar-refractivity contribution is 5.92. The van der Waals surface area contributed by atoms with Crippen molar-refractivity contribution in [2.24, 2.45) is 0 Å². The Labute approximate surface area is 111 Å². The Morgan fingerprint density at radius 3 is 2.95 bits per heavy atom. The monoisotopic (exact) mass is 251 g/mol. The van der Waals surface area contributed by atoms with E-state index in [2.05, 4.69) is 10.3 Å². The van der Waals surface area contributed by atoms with Crippen molar-refractivity contribution < 1.29 is 4.79 Å². The Kier molecular flexibility index (Phi) is 3.89. The van der Waals surface area contributed by atoms with Crippen molar-refractivity contribution in [2.75, 3.05) is 0 Å². The first-order valence-electron chi connectivity index (χ1n) is 5.89. The van der Waals surface area contributed by atoms with Gasteiger partial charge in [-0.1, -0.05) is 29.8 Å². The summed E-state index contributed by atoms with van der Waals surface area (Å²) in [5.41, 5.74) is 2.86. The number of pyridine rings is 1. The second-order valence-corrected chi connectivity index (χ2v) is 4.21. The van der Waals surface area contributed by atoms with Crippen LogP contribution in [0, 0.1) is 18.3 Å². The highest BCUT2D eigenvalue weighted by Crippen LogP contribution is 2.04. The smallest absolute Gasteiger partial charge is 0.270 e. The van der Waals surface area contributed by atoms with E-state index in [-0.39, 0.29) is 11.6 Å². The lowest BCUT2D eigenvalue weighted by molar-refractivity contribution is 0.0946. The van der Waals surface area contributed by atoms with Gasteiger partial charge in [-0.05, 0) is 24.6 Å². The van der Waals surface area contributed by atoms with Crippen LogP contribution < -0.4 is 5.32 Å². The van der Waals surface area contributed by atoms with Crippen LogP contribution in [0.4, 0.5) is 0 Å². The average molecular weight is 251 g/mol. The lowest BCUT2D eigenvalue weighted by Gasteiger charge is -2.05. The number of nitrogens with one attached hydrogen (secondary N) is 1. The Morgan fingerprint density at radius 1 is 1.37 bits per heavy atom. The molecule has 4 nitrogen and oxygen atoms in total. The van der Waals surface area contributed by atoms with E-state index in [1.165, 1.54) is 12.3 Å². The molecule has 19 heavy (non-hydrogen) atoms. The molecule has 2 rings (SSSR count). The van der Waals surface area contributed by atoms with E-state index < -0.39 is 0 Å². The van der Waals surface area contributed by atoms with Crippen molar-refractivity contribution >= 4 is 5.91 Å². The number of amides is 1. The second-order valence-electron chi connectivity index (χ2n) is 4.21. The van der Waals surface area contributed by atoms with E-state index in [1.54, 1.807) is 6.07 Å². The highest BCUT2D eigenvalue weighted by atomic mass is 16.1. The Balaban J connectivity index is 2.03. The fourth-order valence-corrected chi connectivity index (χ4v) is 1.72. The Bertz CT molecular complexity index is 644. The Morgan fingerprint density at radius 2 is 2.21 bits per heavy atom. The van der Waals surface area contributed by atoms with Gasteiger partial charge in [0.25, 0.3) is 5.91 Å². The molecule has 0 aliphatic carbocycles. The molecule has 0 saturated heterocycles. The normalized spacial score (nSPS) is 9.68. The van der Waals surface area contributed by atoms with Crippen LogP contribution in [0.15, 0.2) is 42.6 Å². The third-order valence-electron chi connectivity index (χ3n) is 2.66. The summed E-state index contributed by atoms with van der Waals surface area (Å²) in [5, 5.41) is 11.6. The lowest BCUT2D eigenvalue weighted by Crippen LogP contribution is -2.23. The number of benzene rings is 1. The van der Waals surface area contributed by atoms with Gasteiger partial charge < -0.3 is 5.32 Å². The van der Waals surface area contributed by atoms with Gasteiger partial charge in [-0.25, -0.2) is 0 Å². The fourth-order valence-electron chi connectivity index (χ4n) is 1.72. The highest BCUT2D eigenvalue weighted by Gasteiger charge is 2.07. The molecular weight excluding hydrogens is 238 g/mol. The predicted molar refractivity (Wildman–Crippen MR) is 71.3 cm³/mol. The number of carbonyl (C=O) groups excluding carboxylic acids is 1. The summed E-state index contributed by atoms with van der Waals surface area (Å²) in [6, 6.07) is 12.9. The molecule has 1 aromatic heterocycles.